The van der Waals surface area contributed by atoms with Crippen LogP contribution in [0.2, 0.25) is 0 Å². The van der Waals surface area contributed by atoms with Crippen molar-refractivity contribution in [3.8, 4) is 0 Å². The van der Waals surface area contributed by atoms with Gasteiger partial charge in [-0.1, -0.05) is 0 Å². The molecular weight excluding hydrogens is 246 g/mol. The predicted molar refractivity (Wildman–Crippen MR) is 70.9 cm³/mol. The number of aliphatic carboxylic acids is 1. The molecule has 2 saturated heterocycles. The number of carbonyl (C=O) groups is 2. The van der Waals surface area contributed by atoms with Crippen molar-refractivity contribution in [2.24, 2.45) is 5.92 Å². The van der Waals surface area contributed by atoms with E-state index in [-0.39, 0.29) is 11.8 Å². The fourth-order valence-electron chi connectivity index (χ4n) is 2.79. The first-order chi connectivity index (χ1) is 9.16. The summed E-state index contributed by atoms with van der Waals surface area (Å²) in [5, 5.41) is 12.3. The third-order valence-corrected chi connectivity index (χ3v) is 3.97. The number of nitrogens with zero attached hydrogens (tertiary/aromatic N) is 2. The van der Waals surface area contributed by atoms with Gasteiger partial charge in [0.25, 0.3) is 0 Å². The molecule has 1 amide bonds. The molecule has 0 aliphatic carbocycles. The van der Waals surface area contributed by atoms with E-state index in [1.807, 2.05) is 4.90 Å². The third kappa shape index (κ3) is 4.18. The molecule has 2 heterocycles. The minimum Gasteiger partial charge on any atom is -0.481 e. The Hall–Kier alpha value is -1.14. The van der Waals surface area contributed by atoms with Gasteiger partial charge in [-0.3, -0.25) is 9.59 Å². The number of likely N-dealkylation sites (tertiary alicyclic amines) is 1. The number of piperidine rings is 1. The van der Waals surface area contributed by atoms with Crippen LogP contribution in [-0.4, -0.2) is 72.6 Å². The average molecular weight is 269 g/mol. The summed E-state index contributed by atoms with van der Waals surface area (Å²) in [6.07, 6.45) is 2.18. The van der Waals surface area contributed by atoms with E-state index in [9.17, 15) is 9.59 Å². The van der Waals surface area contributed by atoms with Crippen LogP contribution in [0.3, 0.4) is 0 Å². The lowest BCUT2D eigenvalue weighted by atomic mass is 9.98. The highest BCUT2D eigenvalue weighted by atomic mass is 16.4. The molecule has 6 nitrogen and oxygen atoms in total. The molecule has 0 radical (unpaired) electrons. The van der Waals surface area contributed by atoms with Crippen LogP contribution in [0, 0.1) is 5.92 Å². The fraction of sp³-hybridized carbons (Fsp3) is 0.846. The standard InChI is InChI=1S/C13H23N3O3/c17-12(16-8-4-14-5-9-16)3-7-15-6-1-2-11(10-15)13(18)19/h11,14H,1-10H2,(H,18,19). The summed E-state index contributed by atoms with van der Waals surface area (Å²) in [6.45, 7) is 5.51. The zero-order valence-electron chi connectivity index (χ0n) is 11.3. The number of rotatable bonds is 4. The van der Waals surface area contributed by atoms with Gasteiger partial charge >= 0.3 is 5.97 Å². The largest absolute Gasteiger partial charge is 0.481 e. The van der Waals surface area contributed by atoms with Crippen molar-refractivity contribution >= 4 is 11.9 Å². The zero-order chi connectivity index (χ0) is 13.7. The van der Waals surface area contributed by atoms with Crippen molar-refractivity contribution < 1.29 is 14.7 Å². The van der Waals surface area contributed by atoms with Gasteiger partial charge < -0.3 is 20.2 Å². The molecule has 0 saturated carbocycles. The van der Waals surface area contributed by atoms with Crippen molar-refractivity contribution in [1.82, 2.24) is 15.1 Å². The van der Waals surface area contributed by atoms with Crippen LogP contribution in [-0.2, 0) is 9.59 Å². The van der Waals surface area contributed by atoms with Crippen LogP contribution in [0.25, 0.3) is 0 Å². The van der Waals surface area contributed by atoms with E-state index in [0.717, 1.165) is 45.6 Å². The molecule has 108 valence electrons. The second-order valence-corrected chi connectivity index (χ2v) is 5.36. The third-order valence-electron chi connectivity index (χ3n) is 3.97. The average Bonchev–Trinajstić information content (AvgIpc) is 2.46. The quantitative estimate of drug-likeness (QED) is 0.727. The molecule has 0 aromatic rings. The molecule has 19 heavy (non-hydrogen) atoms. The molecule has 1 unspecified atom stereocenters. The Kier molecular flexibility index (Phi) is 5.15. The summed E-state index contributed by atoms with van der Waals surface area (Å²) in [4.78, 5) is 27.0. The molecule has 0 aromatic heterocycles. The molecule has 2 aliphatic rings. The van der Waals surface area contributed by atoms with E-state index in [1.165, 1.54) is 0 Å². The van der Waals surface area contributed by atoms with Gasteiger partial charge in [0.2, 0.25) is 5.91 Å². The van der Waals surface area contributed by atoms with Crippen molar-refractivity contribution in [1.29, 1.82) is 0 Å². The second-order valence-electron chi connectivity index (χ2n) is 5.36. The molecule has 2 N–H and O–H groups in total. The Labute approximate surface area is 113 Å². The summed E-state index contributed by atoms with van der Waals surface area (Å²) in [7, 11) is 0. The lowest BCUT2D eigenvalue weighted by molar-refractivity contribution is -0.143. The van der Waals surface area contributed by atoms with Gasteiger partial charge in [-0.15, -0.1) is 0 Å². The van der Waals surface area contributed by atoms with Gasteiger partial charge in [-0.2, -0.15) is 0 Å². The summed E-state index contributed by atoms with van der Waals surface area (Å²) < 4.78 is 0. The van der Waals surface area contributed by atoms with Crippen LogP contribution in [0.1, 0.15) is 19.3 Å². The van der Waals surface area contributed by atoms with E-state index >= 15 is 0 Å². The number of piperazine rings is 1. The molecule has 0 aromatic carbocycles. The van der Waals surface area contributed by atoms with Crippen LogP contribution >= 0.6 is 0 Å². The Bertz CT molecular complexity index is 329. The molecule has 2 aliphatic heterocycles. The number of amides is 1. The maximum atomic E-state index is 12.0. The maximum Gasteiger partial charge on any atom is 0.307 e. The Balaban J connectivity index is 1.72. The van der Waals surface area contributed by atoms with E-state index in [1.54, 1.807) is 0 Å². The minimum absolute atomic E-state index is 0.193. The number of hydrogen-bond donors (Lipinski definition) is 2. The number of carboxylic acid groups (broad SMARTS) is 1. The van der Waals surface area contributed by atoms with Gasteiger partial charge in [0, 0.05) is 45.7 Å². The van der Waals surface area contributed by atoms with E-state index in [2.05, 4.69) is 10.2 Å². The topological polar surface area (TPSA) is 72.9 Å². The molecule has 2 fully saturated rings. The summed E-state index contributed by atoms with van der Waals surface area (Å²) >= 11 is 0. The lowest BCUT2D eigenvalue weighted by Gasteiger charge is -2.32. The van der Waals surface area contributed by atoms with Crippen molar-refractivity contribution in [2.45, 2.75) is 19.3 Å². The minimum atomic E-state index is -0.710. The number of carbonyl (C=O) groups excluding carboxylic acids is 1. The molecule has 0 spiro atoms. The van der Waals surface area contributed by atoms with Crippen LogP contribution < -0.4 is 5.32 Å². The second kappa shape index (κ2) is 6.86. The van der Waals surface area contributed by atoms with Crippen molar-refractivity contribution in [3.05, 3.63) is 0 Å². The van der Waals surface area contributed by atoms with Gasteiger partial charge in [-0.25, -0.2) is 0 Å². The van der Waals surface area contributed by atoms with Crippen molar-refractivity contribution in [2.75, 3.05) is 45.8 Å². The Morgan fingerprint density at radius 3 is 2.63 bits per heavy atom. The highest BCUT2D eigenvalue weighted by Gasteiger charge is 2.26. The van der Waals surface area contributed by atoms with Crippen LogP contribution in [0.5, 0.6) is 0 Å². The van der Waals surface area contributed by atoms with E-state index in [0.29, 0.717) is 19.5 Å². The molecule has 1 atom stereocenters. The van der Waals surface area contributed by atoms with Gasteiger partial charge in [0.15, 0.2) is 0 Å². The molecular formula is C13H23N3O3. The molecule has 6 heteroatoms. The molecule has 0 bridgehead atoms. The van der Waals surface area contributed by atoms with E-state index < -0.39 is 5.97 Å². The number of carboxylic acids is 1. The summed E-state index contributed by atoms with van der Waals surface area (Å²) in [6, 6.07) is 0. The van der Waals surface area contributed by atoms with Gasteiger partial charge in [-0.05, 0) is 19.4 Å². The summed E-state index contributed by atoms with van der Waals surface area (Å²) in [5.41, 5.74) is 0. The normalized spacial score (nSPS) is 25.3. The number of nitrogens with one attached hydrogen (secondary N) is 1. The highest BCUT2D eigenvalue weighted by Crippen LogP contribution is 2.16. The summed E-state index contributed by atoms with van der Waals surface area (Å²) in [5.74, 6) is -0.778. The predicted octanol–water partition coefficient (Wildman–Crippen LogP) is -0.395. The zero-order valence-corrected chi connectivity index (χ0v) is 11.3. The van der Waals surface area contributed by atoms with Gasteiger partial charge in [0.05, 0.1) is 5.92 Å². The van der Waals surface area contributed by atoms with Crippen LogP contribution in [0.4, 0.5) is 0 Å². The maximum absolute atomic E-state index is 12.0. The first kappa shape index (κ1) is 14.3. The fourth-order valence-corrected chi connectivity index (χ4v) is 2.79. The smallest absolute Gasteiger partial charge is 0.307 e. The SMILES string of the molecule is O=C(O)C1CCCN(CCC(=O)N2CCNCC2)C1. The Morgan fingerprint density at radius 1 is 1.21 bits per heavy atom. The highest BCUT2D eigenvalue weighted by molar-refractivity contribution is 5.76. The van der Waals surface area contributed by atoms with Crippen molar-refractivity contribution in [3.63, 3.8) is 0 Å². The Morgan fingerprint density at radius 2 is 1.95 bits per heavy atom. The first-order valence-corrected chi connectivity index (χ1v) is 7.10. The van der Waals surface area contributed by atoms with E-state index in [4.69, 9.17) is 5.11 Å². The number of hydrogen-bond acceptors (Lipinski definition) is 4. The molecule has 2 rings (SSSR count). The monoisotopic (exact) mass is 269 g/mol. The first-order valence-electron chi connectivity index (χ1n) is 7.10. The van der Waals surface area contributed by atoms with Crippen LogP contribution in [0.15, 0.2) is 0 Å². The lowest BCUT2D eigenvalue weighted by Crippen LogP contribution is -2.47. The van der Waals surface area contributed by atoms with Gasteiger partial charge in [0.1, 0.15) is 0 Å².